The molecule has 1 aromatic carbocycles. The van der Waals surface area contributed by atoms with Gasteiger partial charge in [-0.25, -0.2) is 0 Å². The molecule has 1 saturated carbocycles. The average Bonchev–Trinajstić information content (AvgIpc) is 2.84. The van der Waals surface area contributed by atoms with Crippen LogP contribution in [0, 0.1) is 11.8 Å². The number of rotatable bonds is 6. The Morgan fingerprint density at radius 3 is 2.61 bits per heavy atom. The minimum Gasteiger partial charge on any atom is -0.497 e. The van der Waals surface area contributed by atoms with Gasteiger partial charge in [0.25, 0.3) is 0 Å². The molecule has 1 aliphatic carbocycles. The van der Waals surface area contributed by atoms with E-state index in [-0.39, 0.29) is 0 Å². The molecule has 0 bridgehead atoms. The van der Waals surface area contributed by atoms with E-state index in [1.807, 2.05) is 6.07 Å². The Labute approximate surface area is 188 Å². The summed E-state index contributed by atoms with van der Waals surface area (Å²) in [6, 6.07) is 6.32. The van der Waals surface area contributed by atoms with Crippen molar-refractivity contribution in [2.24, 2.45) is 11.8 Å². The quantitative estimate of drug-likeness (QED) is 0.600. The van der Waals surface area contributed by atoms with Crippen LogP contribution in [-0.2, 0) is 6.42 Å². The number of nitrogens with zero attached hydrogens (tertiary/aromatic N) is 3. The summed E-state index contributed by atoms with van der Waals surface area (Å²) < 4.78 is 5.53. The fourth-order valence-corrected chi connectivity index (χ4v) is 6.18. The number of fused-ring (bicyclic) bond motifs is 3. The van der Waals surface area contributed by atoms with Crippen LogP contribution in [0.3, 0.4) is 0 Å². The Hall–Kier alpha value is -1.81. The third-order valence-electron chi connectivity index (χ3n) is 8.08. The van der Waals surface area contributed by atoms with Gasteiger partial charge in [-0.2, -0.15) is 0 Å². The van der Waals surface area contributed by atoms with Crippen LogP contribution in [0.2, 0.25) is 0 Å². The second-order valence-corrected chi connectivity index (χ2v) is 10.1. The number of piperidine rings is 1. The van der Waals surface area contributed by atoms with E-state index in [1.54, 1.807) is 7.11 Å². The number of anilines is 1. The van der Waals surface area contributed by atoms with Crippen molar-refractivity contribution < 1.29 is 4.74 Å². The number of benzene rings is 1. The van der Waals surface area contributed by atoms with Crippen molar-refractivity contribution in [1.82, 2.24) is 9.88 Å². The number of hydrogen-bond donors (Lipinski definition) is 0. The molecule has 3 aliphatic rings. The zero-order valence-electron chi connectivity index (χ0n) is 19.3. The number of pyridine rings is 1. The molecule has 0 N–H and O–H groups in total. The molecular weight excluding hydrogens is 382 g/mol. The Morgan fingerprint density at radius 2 is 1.81 bits per heavy atom. The Bertz CT molecular complexity index is 863. The Morgan fingerprint density at radius 1 is 0.968 bits per heavy atom. The number of likely N-dealkylation sites (tertiary alicyclic amines) is 1. The van der Waals surface area contributed by atoms with Crippen molar-refractivity contribution >= 4 is 16.6 Å². The fourth-order valence-electron chi connectivity index (χ4n) is 6.18. The summed E-state index contributed by atoms with van der Waals surface area (Å²) in [7, 11) is 1.75. The van der Waals surface area contributed by atoms with Gasteiger partial charge in [0.1, 0.15) is 5.75 Å². The predicted octanol–water partition coefficient (Wildman–Crippen LogP) is 5.68. The summed E-state index contributed by atoms with van der Waals surface area (Å²) in [5.41, 5.74) is 3.93. The maximum absolute atomic E-state index is 5.53. The molecule has 3 heterocycles. The minimum atomic E-state index is 0.811. The van der Waals surface area contributed by atoms with Crippen LogP contribution in [0.4, 0.5) is 5.69 Å². The van der Waals surface area contributed by atoms with E-state index in [2.05, 4.69) is 28.1 Å². The Kier molecular flexibility index (Phi) is 6.64. The van der Waals surface area contributed by atoms with Crippen molar-refractivity contribution in [3.05, 3.63) is 30.0 Å². The van der Waals surface area contributed by atoms with Crippen LogP contribution in [0.5, 0.6) is 5.75 Å². The Balaban J connectivity index is 1.21. The maximum Gasteiger partial charge on any atom is 0.119 e. The van der Waals surface area contributed by atoms with E-state index in [1.165, 1.54) is 107 Å². The number of aromatic nitrogens is 1. The normalized spacial score (nSPS) is 21.4. The molecular formula is C27H39N3O. The van der Waals surface area contributed by atoms with Crippen LogP contribution in [0.1, 0.15) is 63.4 Å². The molecule has 2 aromatic rings. The van der Waals surface area contributed by atoms with Crippen molar-refractivity contribution in [3.8, 4) is 5.75 Å². The summed E-state index contributed by atoms with van der Waals surface area (Å²) in [5, 5.41) is 1.27. The summed E-state index contributed by atoms with van der Waals surface area (Å²) >= 11 is 0. The van der Waals surface area contributed by atoms with E-state index in [0.29, 0.717) is 0 Å². The largest absolute Gasteiger partial charge is 0.497 e. The molecule has 1 aromatic heterocycles. The third-order valence-corrected chi connectivity index (χ3v) is 8.08. The van der Waals surface area contributed by atoms with E-state index in [0.717, 1.165) is 29.5 Å². The topological polar surface area (TPSA) is 28.6 Å². The van der Waals surface area contributed by atoms with Crippen LogP contribution in [-0.4, -0.2) is 49.7 Å². The lowest BCUT2D eigenvalue weighted by atomic mass is 9.86. The summed E-state index contributed by atoms with van der Waals surface area (Å²) in [4.78, 5) is 10.2. The lowest BCUT2D eigenvalue weighted by Crippen LogP contribution is -2.41. The predicted molar refractivity (Wildman–Crippen MR) is 129 cm³/mol. The average molecular weight is 422 g/mol. The molecule has 31 heavy (non-hydrogen) atoms. The first-order chi connectivity index (χ1) is 15.3. The molecule has 1 saturated heterocycles. The first-order valence-corrected chi connectivity index (χ1v) is 12.7. The fraction of sp³-hybridized carbons (Fsp3) is 0.667. The van der Waals surface area contributed by atoms with Gasteiger partial charge >= 0.3 is 0 Å². The molecule has 4 nitrogen and oxygen atoms in total. The van der Waals surface area contributed by atoms with Crippen LogP contribution in [0.25, 0.3) is 10.9 Å². The first kappa shape index (κ1) is 21.1. The minimum absolute atomic E-state index is 0.811. The highest BCUT2D eigenvalue weighted by molar-refractivity contribution is 5.94. The molecule has 5 rings (SSSR count). The van der Waals surface area contributed by atoms with Gasteiger partial charge in [0, 0.05) is 24.7 Å². The molecule has 0 spiro atoms. The SMILES string of the molecule is COc1ccc2ncc3c(c2c1)N(CC1CCN(CCC2CCCCC2)CC1)CCC3. The summed E-state index contributed by atoms with van der Waals surface area (Å²) in [6.07, 6.45) is 16.0. The lowest BCUT2D eigenvalue weighted by molar-refractivity contribution is 0.168. The van der Waals surface area contributed by atoms with Crippen molar-refractivity contribution in [2.45, 2.75) is 64.2 Å². The molecule has 4 heteroatoms. The van der Waals surface area contributed by atoms with E-state index in [9.17, 15) is 0 Å². The third kappa shape index (κ3) is 4.84. The molecule has 168 valence electrons. The molecule has 0 radical (unpaired) electrons. The molecule has 0 atom stereocenters. The number of hydrogen-bond acceptors (Lipinski definition) is 4. The lowest BCUT2D eigenvalue weighted by Gasteiger charge is -2.38. The van der Waals surface area contributed by atoms with Crippen molar-refractivity contribution in [1.29, 1.82) is 0 Å². The van der Waals surface area contributed by atoms with Gasteiger partial charge in [0.05, 0.1) is 18.3 Å². The van der Waals surface area contributed by atoms with Crippen LogP contribution >= 0.6 is 0 Å². The van der Waals surface area contributed by atoms with Gasteiger partial charge in [-0.1, -0.05) is 32.1 Å². The molecule has 0 unspecified atom stereocenters. The van der Waals surface area contributed by atoms with E-state index in [4.69, 9.17) is 9.72 Å². The van der Waals surface area contributed by atoms with E-state index >= 15 is 0 Å². The monoisotopic (exact) mass is 421 g/mol. The van der Waals surface area contributed by atoms with Crippen LogP contribution < -0.4 is 9.64 Å². The number of methoxy groups -OCH3 is 1. The zero-order valence-corrected chi connectivity index (χ0v) is 19.3. The van der Waals surface area contributed by atoms with Gasteiger partial charge in [-0.05, 0) is 87.3 Å². The molecule has 2 aliphatic heterocycles. The van der Waals surface area contributed by atoms with E-state index < -0.39 is 0 Å². The van der Waals surface area contributed by atoms with Crippen molar-refractivity contribution in [3.63, 3.8) is 0 Å². The molecule has 0 amide bonds. The summed E-state index contributed by atoms with van der Waals surface area (Å²) in [5.74, 6) is 2.75. The number of aryl methyl sites for hydroxylation is 1. The second kappa shape index (κ2) is 9.77. The van der Waals surface area contributed by atoms with Gasteiger partial charge in [-0.15, -0.1) is 0 Å². The maximum atomic E-state index is 5.53. The van der Waals surface area contributed by atoms with Gasteiger partial charge < -0.3 is 14.5 Å². The highest BCUT2D eigenvalue weighted by atomic mass is 16.5. The highest BCUT2D eigenvalue weighted by Crippen LogP contribution is 2.37. The van der Waals surface area contributed by atoms with Crippen LogP contribution in [0.15, 0.2) is 24.4 Å². The van der Waals surface area contributed by atoms with Gasteiger partial charge in [0.2, 0.25) is 0 Å². The van der Waals surface area contributed by atoms with Crippen molar-refractivity contribution in [2.75, 3.05) is 44.7 Å². The van der Waals surface area contributed by atoms with Gasteiger partial charge in [0.15, 0.2) is 0 Å². The second-order valence-electron chi connectivity index (χ2n) is 10.1. The van der Waals surface area contributed by atoms with Gasteiger partial charge in [-0.3, -0.25) is 4.98 Å². The summed E-state index contributed by atoms with van der Waals surface area (Å²) in [6.45, 7) is 6.29. The standard InChI is InChI=1S/C27H39N3O/c1-31-24-9-10-26-25(18-24)27-23(19-28-26)8-5-14-30(27)20-22-12-16-29(17-13-22)15-11-21-6-3-2-4-7-21/h9-10,18-19,21-22H,2-8,11-17,20H2,1H3. The number of ether oxygens (including phenoxy) is 1. The molecule has 2 fully saturated rings. The highest BCUT2D eigenvalue weighted by Gasteiger charge is 2.26. The first-order valence-electron chi connectivity index (χ1n) is 12.7. The zero-order chi connectivity index (χ0) is 21.0. The smallest absolute Gasteiger partial charge is 0.119 e.